The van der Waals surface area contributed by atoms with E-state index in [0.717, 1.165) is 22.5 Å². The van der Waals surface area contributed by atoms with Crippen molar-refractivity contribution in [2.75, 3.05) is 0 Å². The molecule has 0 N–H and O–H groups in total. The molecule has 5 heterocycles. The van der Waals surface area contributed by atoms with Crippen molar-refractivity contribution in [2.24, 2.45) is 0 Å². The Hall–Kier alpha value is -6.87. The van der Waals surface area contributed by atoms with E-state index >= 15 is 0 Å². The van der Waals surface area contributed by atoms with Crippen LogP contribution >= 0.6 is 0 Å². The van der Waals surface area contributed by atoms with Crippen molar-refractivity contribution >= 4 is 34.3 Å². The Labute approximate surface area is 273 Å². The molecule has 6 bridgehead atoms. The largest absolute Gasteiger partial charge is 0.423 e. The molecule has 9 nitrogen and oxygen atoms in total. The Morgan fingerprint density at radius 3 is 0.979 bits per heavy atom. The lowest BCUT2D eigenvalue weighted by molar-refractivity contribution is 0.559. The van der Waals surface area contributed by atoms with E-state index in [4.69, 9.17) is 28.2 Å². The molecule has 0 saturated carbocycles. The number of nitrogens with zero attached hydrogens (tertiary/aromatic N) is 6. The third-order valence-electron chi connectivity index (χ3n) is 7.97. The van der Waals surface area contributed by atoms with Gasteiger partial charge in [0.25, 0.3) is 0 Å². The fraction of sp³-hybridized carbons (Fsp3) is 0. The maximum Gasteiger partial charge on any atom is 0.243 e. The van der Waals surface area contributed by atoms with Gasteiger partial charge in [0.2, 0.25) is 40.2 Å². The maximum atomic E-state index is 6.64. The van der Waals surface area contributed by atoms with Crippen LogP contribution in [0.1, 0.15) is 0 Å². The van der Waals surface area contributed by atoms with Gasteiger partial charge in [0, 0.05) is 47.5 Å². The van der Waals surface area contributed by atoms with Crippen LogP contribution < -0.4 is 0 Å². The Balaban J connectivity index is 1.42. The molecule has 0 aliphatic heterocycles. The predicted molar refractivity (Wildman–Crippen MR) is 184 cm³/mol. The molecule has 0 atom stereocenters. The first kappa shape index (κ1) is 27.4. The minimum Gasteiger partial charge on any atom is -0.423 e. The second kappa shape index (κ2) is 11.5. The van der Waals surface area contributed by atoms with Gasteiger partial charge in [-0.1, -0.05) is 97.1 Å². The normalized spacial score (nSPS) is 11.3. The second-order valence-electron chi connectivity index (χ2n) is 11.0. The second-order valence-corrected chi connectivity index (χ2v) is 11.0. The zero-order valence-electron chi connectivity index (χ0n) is 25.4. The molecule has 0 aliphatic rings. The standard InChI is InChI=1S/C39H26N6O3/c1-5-13-27(14-6-1)37-40-38(28-15-7-2-8-16-28)42-39(41-37)45-35-25-23-33(47-35)43(29-17-9-3-10-18-29)31-21-22-32(46-31)44(30-19-11-4-12-20-30)34-24-26-36(45)48-34/h1-26H. The zero-order chi connectivity index (χ0) is 31.9. The number of furan rings is 3. The summed E-state index contributed by atoms with van der Waals surface area (Å²) < 4.78 is 25.5. The third-order valence-corrected chi connectivity index (χ3v) is 7.97. The molecule has 0 spiro atoms. The van der Waals surface area contributed by atoms with E-state index in [2.05, 4.69) is 0 Å². The number of aromatic nitrogens is 6. The summed E-state index contributed by atoms with van der Waals surface area (Å²) in [5, 5.41) is 0. The Morgan fingerprint density at radius 1 is 0.312 bits per heavy atom. The highest BCUT2D eigenvalue weighted by molar-refractivity contribution is 5.67. The van der Waals surface area contributed by atoms with Crippen molar-refractivity contribution in [3.8, 4) is 40.1 Å². The van der Waals surface area contributed by atoms with E-state index < -0.39 is 0 Å². The van der Waals surface area contributed by atoms with Crippen molar-refractivity contribution in [1.82, 2.24) is 28.7 Å². The van der Waals surface area contributed by atoms with Crippen molar-refractivity contribution in [2.45, 2.75) is 0 Å². The first-order valence-corrected chi connectivity index (χ1v) is 15.5. The minimum atomic E-state index is 0.330. The maximum absolute atomic E-state index is 6.64. The van der Waals surface area contributed by atoms with E-state index in [9.17, 15) is 0 Å². The molecule has 0 radical (unpaired) electrons. The number of fused-ring (bicyclic) bond motifs is 6. The third kappa shape index (κ3) is 4.87. The van der Waals surface area contributed by atoms with Gasteiger partial charge in [0.05, 0.1) is 11.4 Å². The van der Waals surface area contributed by atoms with E-state index in [-0.39, 0.29) is 0 Å². The Kier molecular flexibility index (Phi) is 6.57. The summed E-state index contributed by atoms with van der Waals surface area (Å²) in [5.74, 6) is 1.36. The van der Waals surface area contributed by atoms with Crippen LogP contribution in [0.3, 0.4) is 0 Å². The number of rotatable bonds is 5. The minimum absolute atomic E-state index is 0.330. The van der Waals surface area contributed by atoms with Crippen LogP contribution in [-0.4, -0.2) is 28.7 Å². The molecule has 4 aromatic carbocycles. The summed E-state index contributed by atoms with van der Waals surface area (Å²) in [6.07, 6.45) is 0. The molecule has 0 fully saturated rings. The number of hydrogen-bond donors (Lipinski definition) is 0. The van der Waals surface area contributed by atoms with Crippen molar-refractivity contribution in [1.29, 1.82) is 0 Å². The zero-order valence-corrected chi connectivity index (χ0v) is 25.4. The average Bonchev–Trinajstić information content (AvgIpc) is 3.94. The summed E-state index contributed by atoms with van der Waals surface area (Å²) in [6, 6.07) is 51.0. The molecule has 9 heteroatoms. The van der Waals surface area contributed by atoms with Gasteiger partial charge in [0.15, 0.2) is 11.6 Å². The quantitative estimate of drug-likeness (QED) is 0.189. The molecule has 0 amide bonds. The van der Waals surface area contributed by atoms with Crippen molar-refractivity contribution in [3.05, 3.63) is 158 Å². The van der Waals surface area contributed by atoms with Crippen LogP contribution in [0.2, 0.25) is 0 Å². The smallest absolute Gasteiger partial charge is 0.243 e. The van der Waals surface area contributed by atoms with Crippen LogP contribution in [0, 0.1) is 0 Å². The summed E-state index contributed by atoms with van der Waals surface area (Å²) in [6.45, 7) is 0. The van der Waals surface area contributed by atoms with Crippen LogP contribution in [0.15, 0.2) is 171 Å². The monoisotopic (exact) mass is 626 g/mol. The lowest BCUT2D eigenvalue weighted by atomic mass is 10.2. The van der Waals surface area contributed by atoms with Gasteiger partial charge in [-0.2, -0.15) is 9.97 Å². The van der Waals surface area contributed by atoms with Gasteiger partial charge in [-0.25, -0.2) is 9.55 Å². The number of para-hydroxylation sites is 2. The highest BCUT2D eigenvalue weighted by Crippen LogP contribution is 2.28. The molecule has 0 saturated heterocycles. The van der Waals surface area contributed by atoms with Gasteiger partial charge < -0.3 is 13.3 Å². The lowest BCUT2D eigenvalue weighted by Crippen LogP contribution is -2.07. The fourth-order valence-electron chi connectivity index (χ4n) is 5.76. The average molecular weight is 627 g/mol. The Morgan fingerprint density at radius 2 is 0.625 bits per heavy atom. The molecule has 9 aromatic rings. The van der Waals surface area contributed by atoms with Crippen molar-refractivity contribution in [3.63, 3.8) is 0 Å². The summed E-state index contributed by atoms with van der Waals surface area (Å²) in [5.41, 5.74) is 6.50. The number of hydrogen-bond acceptors (Lipinski definition) is 6. The fourth-order valence-corrected chi connectivity index (χ4v) is 5.76. The lowest BCUT2D eigenvalue weighted by Gasteiger charge is -2.10. The molecular weight excluding hydrogens is 600 g/mol. The molecule has 0 aliphatic carbocycles. The molecule has 0 unspecified atom stereocenters. The van der Waals surface area contributed by atoms with Crippen molar-refractivity contribution < 1.29 is 13.3 Å². The van der Waals surface area contributed by atoms with E-state index in [1.807, 2.05) is 167 Å². The van der Waals surface area contributed by atoms with Gasteiger partial charge in [-0.05, 0) is 24.3 Å². The number of benzene rings is 4. The van der Waals surface area contributed by atoms with Gasteiger partial charge in [-0.15, -0.1) is 0 Å². The molecule has 9 rings (SSSR count). The van der Waals surface area contributed by atoms with E-state index in [1.54, 1.807) is 4.57 Å². The SMILES string of the molecule is c1ccc(-c2nc(-c3ccccc3)nc(-n3c4ccc(o4)n(-c4ccccc4)c4ccc(o4)n(-c4ccccc4)c4ccc3o4)n2)cc1. The van der Waals surface area contributed by atoms with Crippen LogP contribution in [0.4, 0.5) is 0 Å². The molecule has 5 aromatic heterocycles. The molecular formula is C39H26N6O3. The first-order valence-electron chi connectivity index (χ1n) is 15.5. The van der Waals surface area contributed by atoms with E-state index in [0.29, 0.717) is 51.9 Å². The van der Waals surface area contributed by atoms with Crippen LogP contribution in [-0.2, 0) is 0 Å². The predicted octanol–water partition coefficient (Wildman–Crippen LogP) is 9.50. The van der Waals surface area contributed by atoms with E-state index in [1.165, 1.54) is 0 Å². The summed E-state index contributed by atoms with van der Waals surface area (Å²) in [7, 11) is 0. The van der Waals surface area contributed by atoms with Gasteiger partial charge in [0.1, 0.15) is 0 Å². The van der Waals surface area contributed by atoms with Crippen LogP contribution in [0.25, 0.3) is 74.4 Å². The first-order chi connectivity index (χ1) is 23.8. The summed E-state index contributed by atoms with van der Waals surface area (Å²) >= 11 is 0. The topological polar surface area (TPSA) is 92.9 Å². The molecule has 48 heavy (non-hydrogen) atoms. The van der Waals surface area contributed by atoms with Crippen LogP contribution in [0.5, 0.6) is 0 Å². The summed E-state index contributed by atoms with van der Waals surface area (Å²) in [4.78, 5) is 14.9. The highest BCUT2D eigenvalue weighted by Gasteiger charge is 2.18. The molecule has 230 valence electrons. The Bertz CT molecular complexity index is 2430. The highest BCUT2D eigenvalue weighted by atomic mass is 16.4. The van der Waals surface area contributed by atoms with Gasteiger partial charge in [-0.3, -0.25) is 9.13 Å². The van der Waals surface area contributed by atoms with Gasteiger partial charge >= 0.3 is 0 Å².